The fourth-order valence-electron chi connectivity index (χ4n) is 3.95. The van der Waals surface area contributed by atoms with Crippen molar-refractivity contribution >= 4 is 17.8 Å². The summed E-state index contributed by atoms with van der Waals surface area (Å²) in [7, 11) is 0. The van der Waals surface area contributed by atoms with Gasteiger partial charge in [0, 0.05) is 13.1 Å². The Balaban J connectivity index is 2.62. The van der Waals surface area contributed by atoms with E-state index in [9.17, 15) is 24.6 Å². The molecule has 7 heteroatoms. The van der Waals surface area contributed by atoms with Crippen LogP contribution in [0.1, 0.15) is 77.0 Å². The van der Waals surface area contributed by atoms with Crippen LogP contribution in [0.4, 0.5) is 0 Å². The number of amides is 2. The lowest BCUT2D eigenvalue weighted by atomic mass is 9.74. The van der Waals surface area contributed by atoms with Gasteiger partial charge in [-0.05, 0) is 46.3 Å². The largest absolute Gasteiger partial charge is 0.507 e. The quantitative estimate of drug-likeness (QED) is 0.551. The van der Waals surface area contributed by atoms with E-state index in [1.165, 1.54) is 0 Å². The van der Waals surface area contributed by atoms with Crippen molar-refractivity contribution < 1.29 is 24.6 Å². The van der Waals surface area contributed by atoms with Gasteiger partial charge in [0.1, 0.15) is 5.75 Å². The SMILES string of the molecule is CC(C)(C)c1cc(C2CCNC(=O)C(=O)NCCC2C(=O)O)cc(C(C)(C)C)c1O. The van der Waals surface area contributed by atoms with Crippen molar-refractivity contribution in [3.05, 3.63) is 28.8 Å². The summed E-state index contributed by atoms with van der Waals surface area (Å²) in [5.41, 5.74) is 1.69. The van der Waals surface area contributed by atoms with Crippen LogP contribution < -0.4 is 10.6 Å². The van der Waals surface area contributed by atoms with Gasteiger partial charge < -0.3 is 20.8 Å². The predicted octanol–water partition coefficient (Wildman–Crippen LogP) is 2.80. The van der Waals surface area contributed by atoms with Gasteiger partial charge in [-0.25, -0.2) is 0 Å². The maximum absolute atomic E-state index is 12.1. The molecular formula is C23H34N2O5. The number of benzene rings is 1. The van der Waals surface area contributed by atoms with Crippen molar-refractivity contribution in [3.8, 4) is 5.75 Å². The van der Waals surface area contributed by atoms with Crippen molar-refractivity contribution in [2.24, 2.45) is 5.92 Å². The molecule has 1 saturated heterocycles. The highest BCUT2D eigenvalue weighted by atomic mass is 16.4. The molecule has 1 heterocycles. The number of hydrogen-bond acceptors (Lipinski definition) is 4. The van der Waals surface area contributed by atoms with Crippen molar-refractivity contribution in [3.63, 3.8) is 0 Å². The molecule has 4 N–H and O–H groups in total. The fourth-order valence-corrected chi connectivity index (χ4v) is 3.95. The summed E-state index contributed by atoms with van der Waals surface area (Å²) in [5, 5.41) is 26.0. The molecule has 1 aromatic rings. The van der Waals surface area contributed by atoms with Gasteiger partial charge in [-0.1, -0.05) is 53.7 Å². The Morgan fingerprint density at radius 2 is 1.33 bits per heavy atom. The second kappa shape index (κ2) is 8.66. The van der Waals surface area contributed by atoms with Crippen molar-refractivity contribution in [1.29, 1.82) is 0 Å². The average molecular weight is 419 g/mol. The lowest BCUT2D eigenvalue weighted by molar-refractivity contribution is -0.143. The zero-order valence-corrected chi connectivity index (χ0v) is 18.8. The normalized spacial score (nSPS) is 21.5. The first kappa shape index (κ1) is 23.7. The summed E-state index contributed by atoms with van der Waals surface area (Å²) < 4.78 is 0. The van der Waals surface area contributed by atoms with Gasteiger partial charge >= 0.3 is 17.8 Å². The maximum atomic E-state index is 12.1. The van der Waals surface area contributed by atoms with Gasteiger partial charge in [0.25, 0.3) is 0 Å². The Labute approximate surface area is 178 Å². The van der Waals surface area contributed by atoms with Gasteiger partial charge in [0.2, 0.25) is 0 Å². The van der Waals surface area contributed by atoms with E-state index in [4.69, 9.17) is 0 Å². The predicted molar refractivity (Wildman–Crippen MR) is 115 cm³/mol. The minimum absolute atomic E-state index is 0.107. The summed E-state index contributed by atoms with van der Waals surface area (Å²) in [6.45, 7) is 12.4. The summed E-state index contributed by atoms with van der Waals surface area (Å²) in [6.07, 6.45) is 0.601. The average Bonchev–Trinajstić information content (AvgIpc) is 2.60. The number of hydrogen-bond donors (Lipinski definition) is 4. The van der Waals surface area contributed by atoms with Crippen LogP contribution in [-0.4, -0.2) is 41.1 Å². The third-order valence-electron chi connectivity index (χ3n) is 5.67. The molecule has 0 saturated carbocycles. The molecule has 1 fully saturated rings. The number of rotatable bonds is 2. The maximum Gasteiger partial charge on any atom is 0.309 e. The highest BCUT2D eigenvalue weighted by Crippen LogP contribution is 2.43. The second-order valence-corrected chi connectivity index (χ2v) is 10.1. The molecule has 1 aliphatic rings. The molecule has 0 bridgehead atoms. The van der Waals surface area contributed by atoms with Crippen LogP contribution >= 0.6 is 0 Å². The molecule has 0 spiro atoms. The van der Waals surface area contributed by atoms with Crippen molar-refractivity contribution in [1.82, 2.24) is 10.6 Å². The van der Waals surface area contributed by atoms with E-state index in [0.717, 1.165) is 16.7 Å². The van der Waals surface area contributed by atoms with Crippen LogP contribution in [0.5, 0.6) is 5.75 Å². The zero-order valence-electron chi connectivity index (χ0n) is 18.8. The van der Waals surface area contributed by atoms with Gasteiger partial charge in [-0.2, -0.15) is 0 Å². The van der Waals surface area contributed by atoms with Crippen molar-refractivity contribution in [2.45, 2.75) is 71.1 Å². The highest BCUT2D eigenvalue weighted by molar-refractivity contribution is 6.35. The standard InChI is InChI=1S/C23H34N2O5/c1-22(2,3)16-11-13(12-17(18(16)26)23(4,5)6)14-7-9-24-19(27)20(28)25-10-8-15(14)21(29)30/h11-12,14-15,26H,7-10H2,1-6H3,(H,24,27)(H,25,28)(H,29,30). The van der Waals surface area contributed by atoms with E-state index >= 15 is 0 Å². The first-order valence-electron chi connectivity index (χ1n) is 10.4. The van der Waals surface area contributed by atoms with Crippen LogP contribution in [0, 0.1) is 5.92 Å². The number of carbonyl (C=O) groups is 3. The Bertz CT molecular complexity index is 798. The molecule has 0 aromatic heterocycles. The van der Waals surface area contributed by atoms with E-state index in [-0.39, 0.29) is 42.0 Å². The fraction of sp³-hybridized carbons (Fsp3) is 0.609. The Kier molecular flexibility index (Phi) is 6.84. The minimum Gasteiger partial charge on any atom is -0.507 e. The number of nitrogens with one attached hydrogen (secondary N) is 2. The van der Waals surface area contributed by atoms with Gasteiger partial charge in [-0.3, -0.25) is 14.4 Å². The number of phenols is 1. The lowest BCUT2D eigenvalue weighted by Gasteiger charge is -2.32. The molecular weight excluding hydrogens is 384 g/mol. The molecule has 1 aliphatic heterocycles. The smallest absolute Gasteiger partial charge is 0.309 e. The molecule has 2 atom stereocenters. The van der Waals surface area contributed by atoms with Crippen molar-refractivity contribution in [2.75, 3.05) is 13.1 Å². The van der Waals surface area contributed by atoms with Crippen LogP contribution in [0.2, 0.25) is 0 Å². The molecule has 0 aliphatic carbocycles. The van der Waals surface area contributed by atoms with Gasteiger partial charge in [-0.15, -0.1) is 0 Å². The molecule has 0 radical (unpaired) electrons. The van der Waals surface area contributed by atoms with Gasteiger partial charge in [0.15, 0.2) is 0 Å². The van der Waals surface area contributed by atoms with E-state index in [2.05, 4.69) is 10.6 Å². The molecule has 2 amide bonds. The minimum atomic E-state index is -0.941. The molecule has 1 aromatic carbocycles. The molecule has 166 valence electrons. The number of phenolic OH excluding ortho intramolecular Hbond substituents is 1. The highest BCUT2D eigenvalue weighted by Gasteiger charge is 2.34. The van der Waals surface area contributed by atoms with E-state index in [0.29, 0.717) is 6.42 Å². The summed E-state index contributed by atoms with van der Waals surface area (Å²) in [4.78, 5) is 35.7. The van der Waals surface area contributed by atoms with Crippen LogP contribution in [0.15, 0.2) is 12.1 Å². The molecule has 30 heavy (non-hydrogen) atoms. The Morgan fingerprint density at radius 3 is 1.73 bits per heavy atom. The van der Waals surface area contributed by atoms with Crippen LogP contribution in [0.3, 0.4) is 0 Å². The zero-order chi connectivity index (χ0) is 22.9. The first-order valence-corrected chi connectivity index (χ1v) is 10.4. The molecule has 2 rings (SSSR count). The third-order valence-corrected chi connectivity index (χ3v) is 5.67. The third kappa shape index (κ3) is 5.32. The molecule has 7 nitrogen and oxygen atoms in total. The topological polar surface area (TPSA) is 116 Å². The summed E-state index contributed by atoms with van der Waals surface area (Å²) in [5.74, 6) is -3.26. The van der Waals surface area contributed by atoms with E-state index in [1.807, 2.05) is 53.7 Å². The van der Waals surface area contributed by atoms with Gasteiger partial charge in [0.05, 0.1) is 5.92 Å². The Morgan fingerprint density at radius 1 is 0.900 bits per heavy atom. The van der Waals surface area contributed by atoms with Crippen LogP contribution in [0.25, 0.3) is 0 Å². The number of carbonyl (C=O) groups excluding carboxylic acids is 2. The van der Waals surface area contributed by atoms with E-state index in [1.54, 1.807) is 0 Å². The summed E-state index contributed by atoms with van der Waals surface area (Å²) >= 11 is 0. The Hall–Kier alpha value is -2.57. The van der Waals surface area contributed by atoms with E-state index < -0.39 is 23.7 Å². The first-order chi connectivity index (χ1) is 13.7. The number of carboxylic acids is 1. The number of aliphatic carboxylic acids is 1. The number of carboxylic acid groups (broad SMARTS) is 1. The number of aromatic hydroxyl groups is 1. The van der Waals surface area contributed by atoms with Crippen LogP contribution in [-0.2, 0) is 25.2 Å². The monoisotopic (exact) mass is 418 g/mol. The second-order valence-electron chi connectivity index (χ2n) is 10.1. The molecule has 2 unspecified atom stereocenters. The summed E-state index contributed by atoms with van der Waals surface area (Å²) in [6, 6.07) is 3.80. The lowest BCUT2D eigenvalue weighted by Crippen LogP contribution is -2.43.